The summed E-state index contributed by atoms with van der Waals surface area (Å²) in [6.45, 7) is 4.72. The molecule has 1 aliphatic carbocycles. The lowest BCUT2D eigenvalue weighted by atomic mass is 9.81. The minimum absolute atomic E-state index is 0.104. The monoisotopic (exact) mass is 933 g/mol. The first-order chi connectivity index (χ1) is 35.9. The quantitative estimate of drug-likeness (QED) is 0.152. The summed E-state index contributed by atoms with van der Waals surface area (Å²) in [5.74, 6) is 0.713. The highest BCUT2D eigenvalue weighted by molar-refractivity contribution is 6.16. The third-order valence-corrected chi connectivity index (χ3v) is 14.9. The largest absolute Gasteiger partial charge is 0.276 e. The summed E-state index contributed by atoms with van der Waals surface area (Å²) in [6, 6.07) is 87.4. The van der Waals surface area contributed by atoms with Crippen molar-refractivity contribution in [2.24, 2.45) is 4.99 Å². The molecule has 3 heteroatoms. The van der Waals surface area contributed by atoms with E-state index in [1.54, 1.807) is 0 Å². The number of rotatable bonds is 8. The molecule has 2 heterocycles. The van der Waals surface area contributed by atoms with Gasteiger partial charge in [-0.1, -0.05) is 220 Å². The highest BCUT2D eigenvalue weighted by atomic mass is 14.9. The number of hydrogen-bond donors (Lipinski definition) is 0. The van der Waals surface area contributed by atoms with Gasteiger partial charge in [0.25, 0.3) is 0 Å². The molecule has 0 amide bonds. The van der Waals surface area contributed by atoms with Gasteiger partial charge in [-0.15, -0.1) is 0 Å². The lowest BCUT2D eigenvalue weighted by Crippen LogP contribution is -2.16. The molecule has 1 aliphatic heterocycles. The molecule has 1 unspecified atom stereocenters. The molecule has 2 aliphatic rings. The van der Waals surface area contributed by atoms with E-state index in [4.69, 9.17) is 15.0 Å². The molecule has 0 saturated carbocycles. The SMILES string of the molecule is CC1(C)c2cc(-c3nc(-c4cc(-c5ccccc5)cc(-c5ccccc5)c4)c4ccccc4n3)ccc2-c2ccc(C3C/C=C/c4ccccc4C(c4cc(-c5ccccc5)cc(-c5ccccc5)c4)=N3)cc21. The molecule has 346 valence electrons. The highest BCUT2D eigenvalue weighted by Gasteiger charge is 2.37. The van der Waals surface area contributed by atoms with Gasteiger partial charge in [0.05, 0.1) is 23.0 Å². The Balaban J connectivity index is 0.900. The Morgan fingerprint density at radius 1 is 0.384 bits per heavy atom. The number of hydrogen-bond acceptors (Lipinski definition) is 3. The lowest BCUT2D eigenvalue weighted by Gasteiger charge is -2.24. The Hall–Kier alpha value is -9.05. The van der Waals surface area contributed by atoms with Crippen molar-refractivity contribution in [2.75, 3.05) is 0 Å². The second-order valence-corrected chi connectivity index (χ2v) is 19.9. The Bertz CT molecular complexity index is 3830. The predicted molar refractivity (Wildman–Crippen MR) is 305 cm³/mol. The molecule has 0 spiro atoms. The fourth-order valence-electron chi connectivity index (χ4n) is 11.1. The Morgan fingerprint density at radius 2 is 0.877 bits per heavy atom. The van der Waals surface area contributed by atoms with Crippen LogP contribution < -0.4 is 0 Å². The van der Waals surface area contributed by atoms with Gasteiger partial charge in [0.2, 0.25) is 0 Å². The molecule has 1 atom stereocenters. The summed E-state index contributed by atoms with van der Waals surface area (Å²) >= 11 is 0. The zero-order chi connectivity index (χ0) is 48.9. The second-order valence-electron chi connectivity index (χ2n) is 19.9. The van der Waals surface area contributed by atoms with Crippen LogP contribution in [0.15, 0.2) is 254 Å². The standard InChI is InChI=1S/C70H51N3/c1-70(2)63-44-51(65-33-19-29-50-28-15-16-30-59(50)67(71-65)57-40-53(46-20-7-3-8-21-46)38-54(41-57)47-22-9-4-10-23-47)34-36-60(63)61-37-35-52(45-64(61)70)69-72-66-32-18-17-31-62(66)68(73-69)58-42-55(48-24-11-5-12-25-48)39-56(43-58)49-26-13-6-14-27-49/h3-32,34-45,65H,33H2,1-2H3/b29-19+,71-67?. The van der Waals surface area contributed by atoms with Crippen LogP contribution >= 0.6 is 0 Å². The average molecular weight is 934 g/mol. The van der Waals surface area contributed by atoms with Crippen LogP contribution in [0.25, 0.3) is 95.3 Å². The van der Waals surface area contributed by atoms with Gasteiger partial charge in [0.15, 0.2) is 5.82 Å². The van der Waals surface area contributed by atoms with Gasteiger partial charge in [-0.3, -0.25) is 4.99 Å². The van der Waals surface area contributed by atoms with E-state index >= 15 is 0 Å². The number of aromatic nitrogens is 2. The number of benzene rings is 10. The molecule has 3 nitrogen and oxygen atoms in total. The van der Waals surface area contributed by atoms with Crippen LogP contribution in [0.1, 0.15) is 59.7 Å². The molecule has 73 heavy (non-hydrogen) atoms. The van der Waals surface area contributed by atoms with E-state index in [1.807, 2.05) is 0 Å². The van der Waals surface area contributed by atoms with Crippen molar-refractivity contribution in [2.45, 2.75) is 31.7 Å². The zero-order valence-corrected chi connectivity index (χ0v) is 40.9. The molecular weight excluding hydrogens is 883 g/mol. The normalized spacial score (nSPS) is 14.8. The molecule has 0 bridgehead atoms. The summed E-state index contributed by atoms with van der Waals surface area (Å²) in [4.78, 5) is 16.6. The van der Waals surface area contributed by atoms with E-state index in [9.17, 15) is 0 Å². The van der Waals surface area contributed by atoms with Crippen LogP contribution in [0.5, 0.6) is 0 Å². The predicted octanol–water partition coefficient (Wildman–Crippen LogP) is 17.9. The third-order valence-electron chi connectivity index (χ3n) is 14.9. The average Bonchev–Trinajstić information content (AvgIpc) is 3.68. The van der Waals surface area contributed by atoms with E-state index in [2.05, 4.69) is 269 Å². The van der Waals surface area contributed by atoms with Gasteiger partial charge in [-0.25, -0.2) is 9.97 Å². The van der Waals surface area contributed by atoms with E-state index in [-0.39, 0.29) is 11.5 Å². The van der Waals surface area contributed by atoms with Gasteiger partial charge in [-0.05, 0) is 133 Å². The number of para-hydroxylation sites is 1. The summed E-state index contributed by atoms with van der Waals surface area (Å²) < 4.78 is 0. The van der Waals surface area contributed by atoms with Crippen LogP contribution in [0, 0.1) is 0 Å². The maximum atomic E-state index is 5.82. The minimum atomic E-state index is -0.295. The van der Waals surface area contributed by atoms with Crippen molar-refractivity contribution in [3.8, 4) is 78.3 Å². The van der Waals surface area contributed by atoms with Crippen molar-refractivity contribution in [1.82, 2.24) is 9.97 Å². The number of nitrogens with zero attached hydrogens (tertiary/aromatic N) is 3. The summed E-state index contributed by atoms with van der Waals surface area (Å²) in [6.07, 6.45) is 5.37. The molecule has 11 aromatic rings. The van der Waals surface area contributed by atoms with E-state index < -0.39 is 0 Å². The fourth-order valence-corrected chi connectivity index (χ4v) is 11.1. The van der Waals surface area contributed by atoms with Gasteiger partial charge < -0.3 is 0 Å². The first-order valence-corrected chi connectivity index (χ1v) is 25.3. The lowest BCUT2D eigenvalue weighted by molar-refractivity contribution is 0.655. The summed E-state index contributed by atoms with van der Waals surface area (Å²) in [5, 5.41) is 1.02. The van der Waals surface area contributed by atoms with E-state index in [1.165, 1.54) is 66.8 Å². The van der Waals surface area contributed by atoms with Gasteiger partial charge in [0.1, 0.15) is 0 Å². The molecule has 0 N–H and O–H groups in total. The topological polar surface area (TPSA) is 38.1 Å². The minimum Gasteiger partial charge on any atom is -0.276 e. The van der Waals surface area contributed by atoms with Crippen molar-refractivity contribution in [3.05, 3.63) is 282 Å². The molecule has 0 radical (unpaired) electrons. The molecule has 13 rings (SSSR count). The van der Waals surface area contributed by atoms with Crippen molar-refractivity contribution >= 4 is 22.7 Å². The molecule has 0 fully saturated rings. The van der Waals surface area contributed by atoms with Crippen molar-refractivity contribution < 1.29 is 0 Å². The smallest absolute Gasteiger partial charge is 0.160 e. The van der Waals surface area contributed by atoms with E-state index in [0.29, 0.717) is 5.82 Å². The summed E-state index contributed by atoms with van der Waals surface area (Å²) in [5.41, 5.74) is 23.6. The molecule has 1 aromatic heterocycles. The maximum Gasteiger partial charge on any atom is 0.160 e. The van der Waals surface area contributed by atoms with Crippen molar-refractivity contribution in [1.29, 1.82) is 0 Å². The van der Waals surface area contributed by atoms with Crippen LogP contribution in [0.3, 0.4) is 0 Å². The van der Waals surface area contributed by atoms with Gasteiger partial charge in [0, 0.05) is 33.1 Å². The highest BCUT2D eigenvalue weighted by Crippen LogP contribution is 2.51. The second kappa shape index (κ2) is 18.3. The maximum absolute atomic E-state index is 5.82. The van der Waals surface area contributed by atoms with Crippen LogP contribution in [0.2, 0.25) is 0 Å². The third kappa shape index (κ3) is 8.19. The van der Waals surface area contributed by atoms with Gasteiger partial charge in [-0.2, -0.15) is 0 Å². The van der Waals surface area contributed by atoms with Crippen molar-refractivity contribution in [3.63, 3.8) is 0 Å². The summed E-state index contributed by atoms with van der Waals surface area (Å²) in [7, 11) is 0. The molecule has 0 saturated heterocycles. The Kier molecular flexibility index (Phi) is 11.0. The van der Waals surface area contributed by atoms with E-state index in [0.717, 1.165) is 62.1 Å². The zero-order valence-electron chi connectivity index (χ0n) is 40.9. The first-order valence-electron chi connectivity index (χ1n) is 25.3. The Morgan fingerprint density at radius 3 is 1.48 bits per heavy atom. The Labute approximate surface area is 427 Å². The van der Waals surface area contributed by atoms with Crippen LogP contribution in [0.4, 0.5) is 0 Å². The number of fused-ring (bicyclic) bond motifs is 5. The first kappa shape index (κ1) is 43.9. The van der Waals surface area contributed by atoms with Crippen LogP contribution in [-0.4, -0.2) is 15.7 Å². The molecule has 10 aromatic carbocycles. The molecular formula is C70H51N3. The van der Waals surface area contributed by atoms with Gasteiger partial charge >= 0.3 is 0 Å². The number of aliphatic imine (C=N–C) groups is 1. The van der Waals surface area contributed by atoms with Crippen LogP contribution in [-0.2, 0) is 5.41 Å². The fraction of sp³-hybridized carbons (Fsp3) is 0.0714.